The summed E-state index contributed by atoms with van der Waals surface area (Å²) >= 11 is 0. The van der Waals surface area contributed by atoms with E-state index in [4.69, 9.17) is 4.74 Å². The quantitative estimate of drug-likeness (QED) is 0.866. The standard InChI is InChI=1S/C14H23NO2.ClH/c1-11-7-5-6-8-13(11)17-10-12(16)9-15-14(2,3)4;/h5-8,12,15-16H,9-10H2,1-4H3;1H. The number of aliphatic hydroxyl groups is 1. The Bertz CT molecular complexity index is 350. The van der Waals surface area contributed by atoms with E-state index in [0.717, 1.165) is 11.3 Å². The summed E-state index contributed by atoms with van der Waals surface area (Å²) in [5.74, 6) is 0.835. The Kier molecular flexibility index (Phi) is 7.29. The largest absolute Gasteiger partial charge is 0.491 e. The summed E-state index contributed by atoms with van der Waals surface area (Å²) in [6.45, 7) is 9.06. The SMILES string of the molecule is Cc1ccccc1OCC(O)CNC(C)(C)C.Cl. The van der Waals surface area contributed by atoms with Crippen LogP contribution < -0.4 is 10.1 Å². The van der Waals surface area contributed by atoms with Crippen molar-refractivity contribution in [1.82, 2.24) is 5.32 Å². The molecule has 0 aliphatic rings. The Balaban J connectivity index is 0.00000289. The van der Waals surface area contributed by atoms with Gasteiger partial charge in [0.05, 0.1) is 0 Å². The van der Waals surface area contributed by atoms with Gasteiger partial charge in [0.25, 0.3) is 0 Å². The van der Waals surface area contributed by atoms with E-state index in [9.17, 15) is 5.11 Å². The fourth-order valence-corrected chi connectivity index (χ4v) is 1.39. The van der Waals surface area contributed by atoms with E-state index in [1.165, 1.54) is 0 Å². The normalized spacial score (nSPS) is 12.7. The number of benzene rings is 1. The number of aliphatic hydroxyl groups excluding tert-OH is 1. The maximum Gasteiger partial charge on any atom is 0.122 e. The Labute approximate surface area is 116 Å². The van der Waals surface area contributed by atoms with E-state index in [1.807, 2.05) is 31.2 Å². The lowest BCUT2D eigenvalue weighted by Gasteiger charge is -2.23. The van der Waals surface area contributed by atoms with Crippen molar-refractivity contribution in [2.45, 2.75) is 39.3 Å². The first kappa shape index (κ1) is 17.2. The summed E-state index contributed by atoms with van der Waals surface area (Å²) in [7, 11) is 0. The second kappa shape index (κ2) is 7.62. The van der Waals surface area contributed by atoms with Gasteiger partial charge < -0.3 is 15.2 Å². The molecule has 0 aliphatic heterocycles. The first-order chi connectivity index (χ1) is 7.88. The number of rotatable bonds is 5. The van der Waals surface area contributed by atoms with E-state index >= 15 is 0 Å². The van der Waals surface area contributed by atoms with Gasteiger partial charge in [-0.1, -0.05) is 18.2 Å². The van der Waals surface area contributed by atoms with Crippen LogP contribution in [0.25, 0.3) is 0 Å². The second-order valence-electron chi connectivity index (χ2n) is 5.36. The summed E-state index contributed by atoms with van der Waals surface area (Å²) < 4.78 is 5.57. The molecular formula is C14H24ClNO2. The molecule has 0 saturated carbocycles. The predicted molar refractivity (Wildman–Crippen MR) is 77.7 cm³/mol. The van der Waals surface area contributed by atoms with Gasteiger partial charge in [0.1, 0.15) is 18.5 Å². The maximum absolute atomic E-state index is 9.78. The summed E-state index contributed by atoms with van der Waals surface area (Å²) in [4.78, 5) is 0. The van der Waals surface area contributed by atoms with Gasteiger partial charge in [-0.25, -0.2) is 0 Å². The van der Waals surface area contributed by atoms with Crippen molar-refractivity contribution in [2.24, 2.45) is 0 Å². The van der Waals surface area contributed by atoms with Crippen LogP contribution in [0.1, 0.15) is 26.3 Å². The molecule has 2 N–H and O–H groups in total. The van der Waals surface area contributed by atoms with Crippen LogP contribution in [-0.4, -0.2) is 29.9 Å². The van der Waals surface area contributed by atoms with Crippen LogP contribution in [0.3, 0.4) is 0 Å². The monoisotopic (exact) mass is 273 g/mol. The lowest BCUT2D eigenvalue weighted by atomic mass is 10.1. The lowest BCUT2D eigenvalue weighted by molar-refractivity contribution is 0.0997. The molecule has 0 aliphatic carbocycles. The number of aryl methyl sites for hydroxylation is 1. The van der Waals surface area contributed by atoms with Crippen molar-refractivity contribution in [3.05, 3.63) is 29.8 Å². The number of para-hydroxylation sites is 1. The molecule has 4 heteroatoms. The van der Waals surface area contributed by atoms with Gasteiger partial charge >= 0.3 is 0 Å². The molecule has 1 atom stereocenters. The molecule has 3 nitrogen and oxygen atoms in total. The molecule has 1 aromatic rings. The van der Waals surface area contributed by atoms with Gasteiger partial charge in [-0.05, 0) is 39.3 Å². The van der Waals surface area contributed by atoms with E-state index in [0.29, 0.717) is 13.2 Å². The van der Waals surface area contributed by atoms with Crippen LogP contribution in [0.4, 0.5) is 0 Å². The average Bonchev–Trinajstić information content (AvgIpc) is 2.24. The smallest absolute Gasteiger partial charge is 0.122 e. The zero-order chi connectivity index (χ0) is 12.9. The highest BCUT2D eigenvalue weighted by Gasteiger charge is 2.12. The van der Waals surface area contributed by atoms with Crippen molar-refractivity contribution in [3.63, 3.8) is 0 Å². The molecule has 0 radical (unpaired) electrons. The number of hydrogen-bond acceptors (Lipinski definition) is 3. The molecule has 0 heterocycles. The summed E-state index contributed by atoms with van der Waals surface area (Å²) in [5, 5.41) is 13.0. The Morgan fingerprint density at radius 1 is 1.28 bits per heavy atom. The summed E-state index contributed by atoms with van der Waals surface area (Å²) in [5.41, 5.74) is 1.10. The van der Waals surface area contributed by atoms with Gasteiger partial charge in [0.2, 0.25) is 0 Å². The van der Waals surface area contributed by atoms with E-state index in [1.54, 1.807) is 0 Å². The zero-order valence-corrected chi connectivity index (χ0v) is 12.4. The predicted octanol–water partition coefficient (Wildman–Crippen LogP) is 2.54. The van der Waals surface area contributed by atoms with Gasteiger partial charge in [-0.2, -0.15) is 0 Å². The highest BCUT2D eigenvalue weighted by atomic mass is 35.5. The van der Waals surface area contributed by atoms with Crippen LogP contribution in [0.15, 0.2) is 24.3 Å². The average molecular weight is 274 g/mol. The molecule has 1 aromatic carbocycles. The number of halogens is 1. The molecule has 1 rings (SSSR count). The minimum atomic E-state index is -0.492. The van der Waals surface area contributed by atoms with Crippen LogP contribution in [-0.2, 0) is 0 Å². The van der Waals surface area contributed by atoms with Gasteiger partial charge in [0.15, 0.2) is 0 Å². The number of ether oxygens (including phenoxy) is 1. The summed E-state index contributed by atoms with van der Waals surface area (Å²) in [6, 6.07) is 7.82. The van der Waals surface area contributed by atoms with Crippen molar-refractivity contribution >= 4 is 12.4 Å². The van der Waals surface area contributed by atoms with E-state index in [-0.39, 0.29) is 17.9 Å². The number of β-amino-alcohol motifs (C(OH)–C–C–N with tert-alkyl or cyclic N) is 1. The molecule has 0 fully saturated rings. The van der Waals surface area contributed by atoms with Crippen LogP contribution >= 0.6 is 12.4 Å². The molecule has 104 valence electrons. The topological polar surface area (TPSA) is 41.5 Å². The summed E-state index contributed by atoms with van der Waals surface area (Å²) in [6.07, 6.45) is -0.492. The van der Waals surface area contributed by atoms with Crippen LogP contribution in [0.5, 0.6) is 5.75 Å². The first-order valence-corrected chi connectivity index (χ1v) is 6.00. The molecule has 0 aromatic heterocycles. The third-order valence-corrected chi connectivity index (χ3v) is 2.39. The van der Waals surface area contributed by atoms with Gasteiger partial charge in [0, 0.05) is 12.1 Å². The molecule has 1 unspecified atom stereocenters. The minimum absolute atomic E-state index is 0. The molecular weight excluding hydrogens is 250 g/mol. The van der Waals surface area contributed by atoms with Gasteiger partial charge in [-0.15, -0.1) is 12.4 Å². The van der Waals surface area contributed by atoms with E-state index < -0.39 is 6.10 Å². The van der Waals surface area contributed by atoms with Crippen LogP contribution in [0, 0.1) is 6.92 Å². The molecule has 0 bridgehead atoms. The van der Waals surface area contributed by atoms with Gasteiger partial charge in [-0.3, -0.25) is 0 Å². The van der Waals surface area contributed by atoms with Crippen LogP contribution in [0.2, 0.25) is 0 Å². The Morgan fingerprint density at radius 3 is 2.44 bits per heavy atom. The molecule has 18 heavy (non-hydrogen) atoms. The number of hydrogen-bond donors (Lipinski definition) is 2. The zero-order valence-electron chi connectivity index (χ0n) is 11.6. The third-order valence-electron chi connectivity index (χ3n) is 2.39. The highest BCUT2D eigenvalue weighted by molar-refractivity contribution is 5.85. The third kappa shape index (κ3) is 6.84. The second-order valence-corrected chi connectivity index (χ2v) is 5.36. The Hall–Kier alpha value is -0.770. The minimum Gasteiger partial charge on any atom is -0.491 e. The van der Waals surface area contributed by atoms with E-state index in [2.05, 4.69) is 26.1 Å². The maximum atomic E-state index is 9.78. The van der Waals surface area contributed by atoms with Crippen molar-refractivity contribution in [2.75, 3.05) is 13.2 Å². The molecule has 0 amide bonds. The number of nitrogens with one attached hydrogen (secondary N) is 1. The lowest BCUT2D eigenvalue weighted by Crippen LogP contribution is -2.42. The first-order valence-electron chi connectivity index (χ1n) is 6.00. The molecule has 0 spiro atoms. The van der Waals surface area contributed by atoms with Crippen molar-refractivity contribution in [3.8, 4) is 5.75 Å². The Morgan fingerprint density at radius 2 is 1.89 bits per heavy atom. The van der Waals surface area contributed by atoms with Crippen molar-refractivity contribution < 1.29 is 9.84 Å². The fraction of sp³-hybridized carbons (Fsp3) is 0.571. The highest BCUT2D eigenvalue weighted by Crippen LogP contribution is 2.16. The van der Waals surface area contributed by atoms with Crippen molar-refractivity contribution in [1.29, 1.82) is 0 Å². The molecule has 0 saturated heterocycles. The fourth-order valence-electron chi connectivity index (χ4n) is 1.39.